The molecule has 0 saturated heterocycles. The Bertz CT molecular complexity index is 1320. The molecule has 0 fully saturated rings. The number of benzene rings is 1. The maximum absolute atomic E-state index is 13.0. The van der Waals surface area contributed by atoms with E-state index in [0.29, 0.717) is 4.90 Å². The highest BCUT2D eigenvalue weighted by Crippen LogP contribution is 2.26. The Balaban J connectivity index is 2.42. The number of hydrogen-bond donors (Lipinski definition) is 0. The quantitative estimate of drug-likeness (QED) is 0.743. The molecular weight excluding hydrogens is 286 g/mol. The van der Waals surface area contributed by atoms with E-state index in [9.17, 15) is 4.79 Å². The standard InChI is InChI=1S/C19H21N3O/c1-13-5-8-15(9-6-13)19-16(11-18(23)21(3)4)22-12-14(2)7-10-17(22)20-19/h5-10,12H,11H2,1-4H3/i1D3,2D3,3D3,7D,10D,11D,12D. The molecule has 0 saturated carbocycles. The van der Waals surface area contributed by atoms with Crippen LogP contribution < -0.4 is 0 Å². The minimum absolute atomic E-state index is 0.0160. The minimum atomic E-state index is -2.99. The van der Waals surface area contributed by atoms with E-state index in [1.807, 2.05) is 0 Å². The summed E-state index contributed by atoms with van der Waals surface area (Å²) in [4.78, 5) is 17.5. The van der Waals surface area contributed by atoms with Crippen molar-refractivity contribution < 1.29 is 22.6 Å². The number of nitrogens with zero attached hydrogens (tertiary/aromatic N) is 3. The Kier molecular flexibility index (Phi) is 1.56. The maximum Gasteiger partial charge on any atom is 0.228 e. The summed E-state index contributed by atoms with van der Waals surface area (Å²) in [5.41, 5.74) is -1.58. The average molecular weight is 320 g/mol. The van der Waals surface area contributed by atoms with Gasteiger partial charge < -0.3 is 9.30 Å². The van der Waals surface area contributed by atoms with Crippen molar-refractivity contribution >= 4 is 11.6 Å². The molecule has 0 bridgehead atoms. The van der Waals surface area contributed by atoms with Gasteiger partial charge in [0.15, 0.2) is 0 Å². The van der Waals surface area contributed by atoms with Gasteiger partial charge in [-0.1, -0.05) is 35.9 Å². The number of pyridine rings is 1. The van der Waals surface area contributed by atoms with E-state index in [1.54, 1.807) is 0 Å². The van der Waals surface area contributed by atoms with E-state index in [4.69, 9.17) is 17.8 Å². The van der Waals surface area contributed by atoms with Crippen molar-refractivity contribution in [1.29, 1.82) is 0 Å². The molecule has 4 nitrogen and oxygen atoms in total. The molecule has 4 heteroatoms. The van der Waals surface area contributed by atoms with E-state index >= 15 is 0 Å². The van der Waals surface area contributed by atoms with E-state index < -0.39 is 62.5 Å². The van der Waals surface area contributed by atoms with E-state index in [0.717, 1.165) is 11.4 Å². The Morgan fingerprint density at radius 3 is 2.78 bits per heavy atom. The van der Waals surface area contributed by atoms with Gasteiger partial charge in [0.25, 0.3) is 0 Å². The monoisotopic (exact) mass is 320 g/mol. The lowest BCUT2D eigenvalue weighted by Crippen LogP contribution is -2.24. The van der Waals surface area contributed by atoms with Crippen molar-refractivity contribution in [1.82, 2.24) is 14.3 Å². The first-order chi connectivity index (χ1) is 16.3. The van der Waals surface area contributed by atoms with Crippen LogP contribution in [0.1, 0.15) is 34.6 Å². The lowest BCUT2D eigenvalue weighted by molar-refractivity contribution is -0.128. The van der Waals surface area contributed by atoms with Crippen molar-refractivity contribution in [3.05, 3.63) is 59.3 Å². The average Bonchev–Trinajstić information content (AvgIpc) is 3.15. The molecule has 2 heterocycles. The Hall–Kier alpha value is -2.62. The summed E-state index contributed by atoms with van der Waals surface area (Å²) in [6, 6.07) is 3.74. The Morgan fingerprint density at radius 2 is 2.09 bits per heavy atom. The van der Waals surface area contributed by atoms with Crippen molar-refractivity contribution in [2.24, 2.45) is 0 Å². The van der Waals surface area contributed by atoms with Crippen LogP contribution >= 0.6 is 0 Å². The normalized spacial score (nSPS) is 22.2. The summed E-state index contributed by atoms with van der Waals surface area (Å²) in [7, 11) is 0.957. The van der Waals surface area contributed by atoms with Crippen LogP contribution in [0.3, 0.4) is 0 Å². The number of hydrogen-bond acceptors (Lipinski definition) is 2. The van der Waals surface area contributed by atoms with Gasteiger partial charge >= 0.3 is 0 Å². The summed E-state index contributed by atoms with van der Waals surface area (Å²) < 4.78 is 102. The second-order valence-corrected chi connectivity index (χ2v) is 4.86. The van der Waals surface area contributed by atoms with Gasteiger partial charge in [0.1, 0.15) is 5.65 Å². The number of imidazole rings is 1. The van der Waals surface area contributed by atoms with Crippen molar-refractivity contribution in [2.75, 3.05) is 14.0 Å². The van der Waals surface area contributed by atoms with Crippen LogP contribution in [0, 0.1) is 13.7 Å². The fourth-order valence-electron chi connectivity index (χ4n) is 2.08. The van der Waals surface area contributed by atoms with Gasteiger partial charge in [-0.2, -0.15) is 0 Å². The number of carbonyl (C=O) groups excluding carboxylic acids is 1. The lowest BCUT2D eigenvalue weighted by Gasteiger charge is -2.11. The van der Waals surface area contributed by atoms with E-state index in [2.05, 4.69) is 4.98 Å². The maximum atomic E-state index is 13.0. The number of rotatable bonds is 3. The molecule has 1 amide bonds. The molecule has 0 spiro atoms. The number of fused-ring (bicyclic) bond motifs is 1. The Labute approximate surface area is 154 Å². The van der Waals surface area contributed by atoms with Gasteiger partial charge in [0, 0.05) is 39.5 Å². The van der Waals surface area contributed by atoms with Crippen LogP contribution in [0.25, 0.3) is 16.9 Å². The smallest absolute Gasteiger partial charge is 0.228 e. The molecule has 2 aromatic heterocycles. The topological polar surface area (TPSA) is 37.6 Å². The third kappa shape index (κ3) is 2.97. The van der Waals surface area contributed by atoms with Crippen molar-refractivity contribution in [2.45, 2.75) is 20.1 Å². The van der Waals surface area contributed by atoms with Crippen LogP contribution in [-0.4, -0.2) is 34.2 Å². The molecular formula is C19H21N3O. The summed E-state index contributed by atoms with van der Waals surface area (Å²) >= 11 is 0. The van der Waals surface area contributed by atoms with Gasteiger partial charge in [0.05, 0.1) is 21.9 Å². The number of aromatic nitrogens is 2. The van der Waals surface area contributed by atoms with Gasteiger partial charge in [-0.05, 0) is 25.3 Å². The summed E-state index contributed by atoms with van der Waals surface area (Å²) in [5.74, 6) is -1.21. The van der Waals surface area contributed by atoms with E-state index in [-0.39, 0.29) is 22.5 Å². The zero-order valence-corrected chi connectivity index (χ0v) is 12.1. The molecule has 0 radical (unpaired) electrons. The summed E-state index contributed by atoms with van der Waals surface area (Å²) in [6.07, 6.45) is -2.83. The molecule has 0 aliphatic rings. The van der Waals surface area contributed by atoms with Crippen LogP contribution in [0.2, 0.25) is 0 Å². The van der Waals surface area contributed by atoms with Crippen LogP contribution in [0.15, 0.2) is 42.5 Å². The largest absolute Gasteiger partial charge is 0.348 e. The predicted molar refractivity (Wildman–Crippen MR) is 92.5 cm³/mol. The molecule has 3 aromatic rings. The molecule has 1 aromatic carbocycles. The summed E-state index contributed by atoms with van der Waals surface area (Å²) in [5, 5.41) is 0. The molecule has 0 aliphatic heterocycles. The van der Waals surface area contributed by atoms with Gasteiger partial charge in [-0.15, -0.1) is 0 Å². The first kappa shape index (κ1) is 6.11. The number of amides is 1. The predicted octanol–water partition coefficient (Wildman–Crippen LogP) is 3.25. The number of likely N-dealkylation sites (N-methyl/N-ethyl adjacent to an activating group) is 1. The second kappa shape index (κ2) is 5.88. The zero-order valence-electron chi connectivity index (χ0n) is 25.1. The zero-order chi connectivity index (χ0) is 27.5. The molecule has 118 valence electrons. The molecule has 0 aliphatic carbocycles. The molecule has 1 unspecified atom stereocenters. The van der Waals surface area contributed by atoms with Crippen LogP contribution in [-0.2, 0) is 11.2 Å². The first-order valence-corrected chi connectivity index (χ1v) is 6.62. The molecule has 23 heavy (non-hydrogen) atoms. The number of aryl methyl sites for hydroxylation is 1. The fourth-order valence-corrected chi connectivity index (χ4v) is 2.08. The highest BCUT2D eigenvalue weighted by molar-refractivity contribution is 5.81. The highest BCUT2D eigenvalue weighted by atomic mass is 16.2. The SMILES string of the molecule is [2H]c1c(C([2H])([2H])[2H])c([2H])n2c(C([2H])C(=O)N(C)C([2H])([2H])[2H])c(-c3ccc(C([2H])([2H])[2H])cc3)nc2c1[2H]. The van der Waals surface area contributed by atoms with Gasteiger partial charge in [-0.3, -0.25) is 4.79 Å². The van der Waals surface area contributed by atoms with Gasteiger partial charge in [-0.25, -0.2) is 4.98 Å². The number of carbonyl (C=O) groups is 1. The third-order valence-electron chi connectivity index (χ3n) is 3.19. The van der Waals surface area contributed by atoms with Gasteiger partial charge in [0.2, 0.25) is 5.91 Å². The van der Waals surface area contributed by atoms with Crippen molar-refractivity contribution in [3.63, 3.8) is 0 Å². The molecule has 0 N–H and O–H groups in total. The summed E-state index contributed by atoms with van der Waals surface area (Å²) in [6.45, 7) is -8.31. The molecule has 1 atom stereocenters. The Morgan fingerprint density at radius 1 is 1.30 bits per heavy atom. The lowest BCUT2D eigenvalue weighted by atomic mass is 10.1. The fraction of sp³-hybridized carbons (Fsp3) is 0.263. The van der Waals surface area contributed by atoms with E-state index in [1.165, 1.54) is 24.3 Å². The second-order valence-electron chi connectivity index (χ2n) is 4.86. The molecule has 3 rings (SSSR count). The van der Waals surface area contributed by atoms with Crippen LogP contribution in [0.5, 0.6) is 0 Å². The highest BCUT2D eigenvalue weighted by Gasteiger charge is 2.18. The van der Waals surface area contributed by atoms with Crippen LogP contribution in [0.4, 0.5) is 0 Å². The first-order valence-electron chi connectivity index (χ1n) is 13.2. The van der Waals surface area contributed by atoms with Crippen molar-refractivity contribution in [3.8, 4) is 11.3 Å². The third-order valence-corrected chi connectivity index (χ3v) is 3.19. The minimum Gasteiger partial charge on any atom is -0.348 e.